The molecule has 0 saturated heterocycles. The van der Waals surface area contributed by atoms with Crippen molar-refractivity contribution in [2.24, 2.45) is 28.6 Å². The zero-order chi connectivity index (χ0) is 23.5. The molecule has 4 aliphatic rings. The van der Waals surface area contributed by atoms with E-state index in [-0.39, 0.29) is 36.1 Å². The number of carbonyl (C=O) groups excluding carboxylic acids is 3. The van der Waals surface area contributed by atoms with E-state index >= 15 is 0 Å². The molecule has 0 unspecified atom stereocenters. The Morgan fingerprint density at radius 3 is 2.50 bits per heavy atom. The molecule has 176 valence electrons. The Bertz CT molecular complexity index is 898. The summed E-state index contributed by atoms with van der Waals surface area (Å²) in [4.78, 5) is 37.2. The molecule has 0 aromatic rings. The van der Waals surface area contributed by atoms with Crippen LogP contribution in [0.3, 0.4) is 0 Å². The second-order valence-corrected chi connectivity index (χ2v) is 12.0. The first-order valence-corrected chi connectivity index (χ1v) is 12.0. The molecular weight excluding hydrogens is 406 g/mol. The van der Waals surface area contributed by atoms with Crippen LogP contribution in [0, 0.1) is 28.6 Å². The van der Waals surface area contributed by atoms with E-state index in [0.29, 0.717) is 22.7 Å². The van der Waals surface area contributed by atoms with Crippen molar-refractivity contribution >= 4 is 17.5 Å². The predicted octanol–water partition coefficient (Wildman–Crippen LogP) is 2.84. The normalized spacial score (nSPS) is 40.8. The Balaban J connectivity index is 1.51. The van der Waals surface area contributed by atoms with Gasteiger partial charge in [-0.25, -0.2) is 4.79 Å². The molecule has 0 aromatic carbocycles. The van der Waals surface area contributed by atoms with Crippen LogP contribution in [-0.2, 0) is 19.1 Å². The van der Waals surface area contributed by atoms with Crippen LogP contribution in [0.15, 0.2) is 23.8 Å². The lowest BCUT2D eigenvalue weighted by atomic mass is 9.47. The number of nitrogens with zero attached hydrogens (tertiary/aromatic N) is 1. The number of rotatable bonds is 5. The molecule has 0 aliphatic heterocycles. The summed E-state index contributed by atoms with van der Waals surface area (Å²) in [6.45, 7) is 4.14. The number of esters is 1. The SMILES string of the molecule is C[C@@]12C=CC(=O)C=C1CC[C@H]1[C@H]2CC[C@]2(C)[C@@H]1CC[C@@]2(O)C(=O)COC(=O)C[N+](C)(C)C. The Hall–Kier alpha value is -1.79. The van der Waals surface area contributed by atoms with Gasteiger partial charge >= 0.3 is 5.97 Å². The van der Waals surface area contributed by atoms with Crippen molar-refractivity contribution in [1.29, 1.82) is 0 Å². The maximum absolute atomic E-state index is 13.2. The number of aliphatic hydroxyl groups is 1. The summed E-state index contributed by atoms with van der Waals surface area (Å²) in [6.07, 6.45) is 10.4. The highest BCUT2D eigenvalue weighted by molar-refractivity contribution is 6.01. The fraction of sp³-hybridized carbons (Fsp3) is 0.731. The Kier molecular flexibility index (Phi) is 5.57. The molecule has 1 N–H and O–H groups in total. The lowest BCUT2D eigenvalue weighted by Gasteiger charge is -2.57. The van der Waals surface area contributed by atoms with Gasteiger partial charge in [-0.3, -0.25) is 9.59 Å². The first-order valence-electron chi connectivity index (χ1n) is 12.0. The second kappa shape index (κ2) is 7.63. The summed E-state index contributed by atoms with van der Waals surface area (Å²) in [5.74, 6) is 0.386. The Labute approximate surface area is 191 Å². The van der Waals surface area contributed by atoms with Gasteiger partial charge in [0.15, 0.2) is 18.9 Å². The first kappa shape index (κ1) is 23.4. The summed E-state index contributed by atoms with van der Waals surface area (Å²) < 4.78 is 5.70. The molecule has 6 nitrogen and oxygen atoms in total. The summed E-state index contributed by atoms with van der Waals surface area (Å²) in [5.41, 5.74) is -0.828. The molecule has 4 aliphatic carbocycles. The molecule has 6 atom stereocenters. The van der Waals surface area contributed by atoms with Crippen LogP contribution in [0.1, 0.15) is 52.4 Å². The lowest BCUT2D eigenvalue weighted by molar-refractivity contribution is -0.862. The minimum Gasteiger partial charge on any atom is -0.453 e. The highest BCUT2D eigenvalue weighted by Crippen LogP contribution is 2.67. The third-order valence-corrected chi connectivity index (χ3v) is 9.14. The number of ether oxygens (including phenoxy) is 1. The number of allylic oxidation sites excluding steroid dienone is 4. The van der Waals surface area contributed by atoms with Gasteiger partial charge in [-0.1, -0.05) is 25.5 Å². The van der Waals surface area contributed by atoms with Crippen molar-refractivity contribution in [3.05, 3.63) is 23.8 Å². The molecule has 4 rings (SSSR count). The fourth-order valence-electron chi connectivity index (χ4n) is 7.37. The zero-order valence-corrected chi connectivity index (χ0v) is 20.1. The van der Waals surface area contributed by atoms with Gasteiger partial charge in [-0.2, -0.15) is 0 Å². The number of ketones is 2. The van der Waals surface area contributed by atoms with Crippen molar-refractivity contribution < 1.29 is 28.7 Å². The first-order chi connectivity index (χ1) is 14.8. The average Bonchev–Trinajstić information content (AvgIpc) is 2.97. The molecule has 6 heteroatoms. The number of Topliss-reactive ketones (excluding diaryl/α,β-unsaturated/α-hetero) is 1. The maximum Gasteiger partial charge on any atom is 0.362 e. The topological polar surface area (TPSA) is 80.7 Å². The van der Waals surface area contributed by atoms with Gasteiger partial charge in [0, 0.05) is 10.8 Å². The van der Waals surface area contributed by atoms with Crippen molar-refractivity contribution in [1.82, 2.24) is 0 Å². The van der Waals surface area contributed by atoms with Crippen LogP contribution < -0.4 is 0 Å². The van der Waals surface area contributed by atoms with E-state index in [2.05, 4.69) is 19.9 Å². The van der Waals surface area contributed by atoms with E-state index < -0.39 is 17.0 Å². The Morgan fingerprint density at radius 1 is 1.12 bits per heavy atom. The van der Waals surface area contributed by atoms with E-state index in [4.69, 9.17) is 4.74 Å². The third kappa shape index (κ3) is 3.60. The van der Waals surface area contributed by atoms with E-state index in [1.165, 1.54) is 5.57 Å². The minimum atomic E-state index is -1.45. The maximum atomic E-state index is 13.2. The highest BCUT2D eigenvalue weighted by Gasteiger charge is 2.66. The van der Waals surface area contributed by atoms with E-state index in [1.54, 1.807) is 6.08 Å². The van der Waals surface area contributed by atoms with E-state index in [1.807, 2.05) is 27.2 Å². The van der Waals surface area contributed by atoms with Gasteiger partial charge < -0.3 is 14.3 Å². The monoisotopic (exact) mass is 444 g/mol. The van der Waals surface area contributed by atoms with E-state index in [9.17, 15) is 19.5 Å². The molecule has 32 heavy (non-hydrogen) atoms. The minimum absolute atomic E-state index is 0.0808. The van der Waals surface area contributed by atoms with Crippen LogP contribution >= 0.6 is 0 Å². The molecule has 0 radical (unpaired) electrons. The number of carbonyl (C=O) groups is 3. The summed E-state index contributed by atoms with van der Waals surface area (Å²) >= 11 is 0. The summed E-state index contributed by atoms with van der Waals surface area (Å²) in [5, 5.41) is 11.7. The number of fused-ring (bicyclic) bond motifs is 5. The largest absolute Gasteiger partial charge is 0.453 e. The molecule has 3 saturated carbocycles. The van der Waals surface area contributed by atoms with Crippen molar-refractivity contribution in [3.8, 4) is 0 Å². The second-order valence-electron chi connectivity index (χ2n) is 12.0. The van der Waals surface area contributed by atoms with Gasteiger partial charge in [0.1, 0.15) is 5.60 Å². The van der Waals surface area contributed by atoms with Crippen molar-refractivity contribution in [2.75, 3.05) is 34.3 Å². The van der Waals surface area contributed by atoms with Crippen LogP contribution in [0.4, 0.5) is 0 Å². The van der Waals surface area contributed by atoms with Crippen LogP contribution in [-0.4, -0.2) is 67.0 Å². The number of hydrogen-bond donors (Lipinski definition) is 1. The molecular formula is C26H38NO5+. The molecule has 0 heterocycles. The van der Waals surface area contributed by atoms with Gasteiger partial charge in [-0.15, -0.1) is 0 Å². The highest BCUT2D eigenvalue weighted by atomic mass is 16.5. The van der Waals surface area contributed by atoms with Gasteiger partial charge in [-0.05, 0) is 68.4 Å². The summed E-state index contributed by atoms with van der Waals surface area (Å²) in [6, 6.07) is 0. The molecule has 0 aromatic heterocycles. The summed E-state index contributed by atoms with van der Waals surface area (Å²) in [7, 11) is 5.67. The number of quaternary nitrogens is 1. The lowest BCUT2D eigenvalue weighted by Crippen LogP contribution is -2.58. The number of hydrogen-bond acceptors (Lipinski definition) is 5. The molecule has 0 spiro atoms. The third-order valence-electron chi connectivity index (χ3n) is 9.14. The molecule has 0 bridgehead atoms. The molecule has 3 fully saturated rings. The standard InChI is InChI=1S/C26H38NO5/c1-24-11-8-18(28)14-17(24)6-7-19-20(24)9-12-25(2)21(19)10-13-26(25,31)22(29)16-32-23(30)15-27(3,4)5/h8,11,14,19-21,31H,6-7,9-10,12-13,15-16H2,1-5H3/q+1/t19-,20+,21+,24+,25+,26+/m0/s1. The fourth-order valence-corrected chi connectivity index (χ4v) is 7.37. The number of likely N-dealkylation sites (N-methyl/N-ethyl adjacent to an activating group) is 1. The quantitative estimate of drug-likeness (QED) is 0.521. The van der Waals surface area contributed by atoms with Gasteiger partial charge in [0.25, 0.3) is 0 Å². The van der Waals surface area contributed by atoms with Crippen LogP contribution in [0.2, 0.25) is 0 Å². The van der Waals surface area contributed by atoms with Gasteiger partial charge in [0.05, 0.1) is 21.1 Å². The van der Waals surface area contributed by atoms with Crippen molar-refractivity contribution in [3.63, 3.8) is 0 Å². The van der Waals surface area contributed by atoms with Gasteiger partial charge in [0.2, 0.25) is 5.78 Å². The smallest absolute Gasteiger partial charge is 0.362 e. The van der Waals surface area contributed by atoms with Crippen LogP contribution in [0.25, 0.3) is 0 Å². The average molecular weight is 445 g/mol. The van der Waals surface area contributed by atoms with E-state index in [0.717, 1.165) is 32.1 Å². The predicted molar refractivity (Wildman–Crippen MR) is 120 cm³/mol. The zero-order valence-electron chi connectivity index (χ0n) is 20.1. The molecule has 0 amide bonds. The Morgan fingerprint density at radius 2 is 1.81 bits per heavy atom. The van der Waals surface area contributed by atoms with Crippen LogP contribution in [0.5, 0.6) is 0 Å². The van der Waals surface area contributed by atoms with Crippen molar-refractivity contribution in [2.45, 2.75) is 58.0 Å².